The fourth-order valence-corrected chi connectivity index (χ4v) is 2.01. The Morgan fingerprint density at radius 3 is 2.50 bits per heavy atom. The number of aromatic nitrogens is 1. The van der Waals surface area contributed by atoms with Gasteiger partial charge in [-0.3, -0.25) is 4.98 Å². The second-order valence-electron chi connectivity index (χ2n) is 4.03. The third-order valence-corrected chi connectivity index (χ3v) is 3.12. The van der Waals surface area contributed by atoms with Crippen LogP contribution in [0.15, 0.2) is 48.7 Å². The van der Waals surface area contributed by atoms with E-state index in [1.165, 1.54) is 12.1 Å². The minimum atomic E-state index is -0.723. The van der Waals surface area contributed by atoms with E-state index < -0.39 is 6.10 Å². The van der Waals surface area contributed by atoms with E-state index in [2.05, 4.69) is 4.98 Å². The maximum atomic E-state index is 12.8. The lowest BCUT2D eigenvalue weighted by Gasteiger charge is -2.14. The highest BCUT2D eigenvalue weighted by atomic mass is 35.5. The summed E-state index contributed by atoms with van der Waals surface area (Å²) in [7, 11) is 0. The fourth-order valence-electron chi connectivity index (χ4n) is 1.70. The SMILES string of the molecule is O[C@@H](C[C@H](Cl)c1ccc(F)cc1)c1ccccn1. The molecule has 0 radical (unpaired) electrons. The molecule has 94 valence electrons. The van der Waals surface area contributed by atoms with Gasteiger partial charge in [0.1, 0.15) is 5.82 Å². The van der Waals surface area contributed by atoms with Crippen molar-refractivity contribution in [2.24, 2.45) is 0 Å². The maximum absolute atomic E-state index is 12.8. The average Bonchev–Trinajstić information content (AvgIpc) is 2.40. The van der Waals surface area contributed by atoms with Gasteiger partial charge in [0.2, 0.25) is 0 Å². The zero-order valence-corrected chi connectivity index (χ0v) is 10.4. The summed E-state index contributed by atoms with van der Waals surface area (Å²) >= 11 is 6.19. The van der Waals surface area contributed by atoms with E-state index in [0.717, 1.165) is 5.56 Å². The molecule has 1 N–H and O–H groups in total. The van der Waals surface area contributed by atoms with Crippen molar-refractivity contribution in [1.29, 1.82) is 0 Å². The van der Waals surface area contributed by atoms with E-state index in [9.17, 15) is 9.50 Å². The van der Waals surface area contributed by atoms with E-state index >= 15 is 0 Å². The minimum absolute atomic E-state index is 0.298. The van der Waals surface area contributed by atoms with Crippen molar-refractivity contribution < 1.29 is 9.50 Å². The number of rotatable bonds is 4. The van der Waals surface area contributed by atoms with Crippen LogP contribution in [0.5, 0.6) is 0 Å². The Hall–Kier alpha value is -1.45. The molecular formula is C14H13ClFNO. The first-order valence-electron chi connectivity index (χ1n) is 5.65. The number of aliphatic hydroxyl groups excluding tert-OH is 1. The Kier molecular flexibility index (Phi) is 4.28. The first kappa shape index (κ1) is 13.0. The van der Waals surface area contributed by atoms with Crippen molar-refractivity contribution in [1.82, 2.24) is 4.98 Å². The van der Waals surface area contributed by atoms with Crippen LogP contribution < -0.4 is 0 Å². The van der Waals surface area contributed by atoms with Crippen molar-refractivity contribution in [2.45, 2.75) is 17.9 Å². The van der Waals surface area contributed by atoms with Crippen LogP contribution in [0, 0.1) is 5.82 Å². The minimum Gasteiger partial charge on any atom is -0.387 e. The van der Waals surface area contributed by atoms with Crippen LogP contribution in [-0.2, 0) is 0 Å². The summed E-state index contributed by atoms with van der Waals surface area (Å²) in [4.78, 5) is 4.07. The highest BCUT2D eigenvalue weighted by Gasteiger charge is 2.16. The molecule has 0 bridgehead atoms. The predicted molar refractivity (Wildman–Crippen MR) is 68.8 cm³/mol. The third kappa shape index (κ3) is 3.28. The Bertz CT molecular complexity index is 489. The van der Waals surface area contributed by atoms with E-state index in [4.69, 9.17) is 11.6 Å². The first-order valence-corrected chi connectivity index (χ1v) is 6.09. The van der Waals surface area contributed by atoms with Gasteiger partial charge < -0.3 is 5.11 Å². The van der Waals surface area contributed by atoms with Crippen LogP contribution in [0.1, 0.15) is 29.2 Å². The van der Waals surface area contributed by atoms with Crippen LogP contribution in [-0.4, -0.2) is 10.1 Å². The molecule has 0 spiro atoms. The molecule has 0 saturated heterocycles. The van der Waals surface area contributed by atoms with E-state index in [0.29, 0.717) is 12.1 Å². The van der Waals surface area contributed by atoms with Crippen LogP contribution in [0.3, 0.4) is 0 Å². The Labute approximate surface area is 110 Å². The van der Waals surface area contributed by atoms with Crippen LogP contribution in [0.4, 0.5) is 4.39 Å². The average molecular weight is 266 g/mol. The highest BCUT2D eigenvalue weighted by molar-refractivity contribution is 6.20. The molecule has 0 fully saturated rings. The van der Waals surface area contributed by atoms with E-state index in [1.807, 2.05) is 6.07 Å². The summed E-state index contributed by atoms with van der Waals surface area (Å²) in [6.45, 7) is 0. The molecule has 0 aliphatic carbocycles. The molecule has 1 aromatic heterocycles. The number of halogens is 2. The molecule has 2 aromatic rings. The number of nitrogens with zero attached hydrogens (tertiary/aromatic N) is 1. The van der Waals surface area contributed by atoms with Gasteiger partial charge in [0.25, 0.3) is 0 Å². The lowest BCUT2D eigenvalue weighted by molar-refractivity contribution is 0.161. The predicted octanol–water partition coefficient (Wildman–Crippen LogP) is 3.62. The molecule has 0 saturated carbocycles. The molecule has 0 aliphatic heterocycles. The summed E-state index contributed by atoms with van der Waals surface area (Å²) in [5, 5.41) is 9.61. The van der Waals surface area contributed by atoms with Crippen molar-refractivity contribution in [3.05, 3.63) is 65.7 Å². The molecule has 2 nitrogen and oxygen atoms in total. The zero-order valence-electron chi connectivity index (χ0n) is 9.63. The fraction of sp³-hybridized carbons (Fsp3) is 0.214. The molecule has 1 heterocycles. The number of hydrogen-bond donors (Lipinski definition) is 1. The van der Waals surface area contributed by atoms with Crippen LogP contribution >= 0.6 is 11.6 Å². The van der Waals surface area contributed by atoms with Gasteiger partial charge in [0.15, 0.2) is 0 Å². The first-order chi connectivity index (χ1) is 8.66. The molecule has 4 heteroatoms. The van der Waals surface area contributed by atoms with Gasteiger partial charge in [-0.2, -0.15) is 0 Å². The summed E-state index contributed by atoms with van der Waals surface area (Å²) in [5.41, 5.74) is 1.37. The molecule has 2 atom stereocenters. The van der Waals surface area contributed by atoms with Crippen molar-refractivity contribution in [3.63, 3.8) is 0 Å². The van der Waals surface area contributed by atoms with Gasteiger partial charge in [-0.25, -0.2) is 4.39 Å². The normalized spacial score (nSPS) is 14.2. The van der Waals surface area contributed by atoms with Crippen LogP contribution in [0.2, 0.25) is 0 Å². The molecule has 0 aliphatic rings. The second-order valence-corrected chi connectivity index (χ2v) is 4.55. The lowest BCUT2D eigenvalue weighted by Crippen LogP contribution is -2.03. The van der Waals surface area contributed by atoms with E-state index in [-0.39, 0.29) is 11.2 Å². The quantitative estimate of drug-likeness (QED) is 0.857. The summed E-state index contributed by atoms with van der Waals surface area (Å²) in [6.07, 6.45) is 1.24. The second kappa shape index (κ2) is 5.94. The van der Waals surface area contributed by atoms with Gasteiger partial charge in [0, 0.05) is 6.20 Å². The van der Waals surface area contributed by atoms with Gasteiger partial charge in [-0.1, -0.05) is 18.2 Å². The number of benzene rings is 1. The van der Waals surface area contributed by atoms with E-state index in [1.54, 1.807) is 30.5 Å². The number of pyridine rings is 1. The van der Waals surface area contributed by atoms with Gasteiger partial charge >= 0.3 is 0 Å². The topological polar surface area (TPSA) is 33.1 Å². The molecule has 0 amide bonds. The monoisotopic (exact) mass is 265 g/mol. The Morgan fingerprint density at radius 2 is 1.89 bits per heavy atom. The Morgan fingerprint density at radius 1 is 1.17 bits per heavy atom. The van der Waals surface area contributed by atoms with Gasteiger partial charge in [-0.15, -0.1) is 11.6 Å². The molecule has 1 aromatic carbocycles. The van der Waals surface area contributed by atoms with Gasteiger partial charge in [0.05, 0.1) is 17.2 Å². The highest BCUT2D eigenvalue weighted by Crippen LogP contribution is 2.30. The molecule has 2 rings (SSSR count). The lowest BCUT2D eigenvalue weighted by atomic mass is 10.0. The zero-order chi connectivity index (χ0) is 13.0. The number of hydrogen-bond acceptors (Lipinski definition) is 2. The molecule has 0 unspecified atom stereocenters. The Balaban J connectivity index is 2.03. The van der Waals surface area contributed by atoms with Crippen molar-refractivity contribution in [2.75, 3.05) is 0 Å². The molecule has 18 heavy (non-hydrogen) atoms. The largest absolute Gasteiger partial charge is 0.387 e. The van der Waals surface area contributed by atoms with Gasteiger partial charge in [-0.05, 0) is 36.2 Å². The van der Waals surface area contributed by atoms with Crippen molar-refractivity contribution >= 4 is 11.6 Å². The maximum Gasteiger partial charge on any atom is 0.123 e. The number of aliphatic hydroxyl groups is 1. The van der Waals surface area contributed by atoms with Crippen molar-refractivity contribution in [3.8, 4) is 0 Å². The third-order valence-electron chi connectivity index (χ3n) is 2.69. The molecular weight excluding hydrogens is 253 g/mol. The standard InChI is InChI=1S/C14H13ClFNO/c15-12(10-4-6-11(16)7-5-10)9-14(18)13-3-1-2-8-17-13/h1-8,12,14,18H,9H2/t12-,14-/m0/s1. The summed E-state index contributed by atoms with van der Waals surface area (Å²) in [5.74, 6) is -0.298. The van der Waals surface area contributed by atoms with Crippen LogP contribution in [0.25, 0.3) is 0 Å². The summed E-state index contributed by atoms with van der Waals surface area (Å²) < 4.78 is 12.8. The number of alkyl halides is 1. The smallest absolute Gasteiger partial charge is 0.123 e. The summed E-state index contributed by atoms with van der Waals surface area (Å²) in [6, 6.07) is 11.3.